The van der Waals surface area contributed by atoms with Crippen LogP contribution in [0.5, 0.6) is 0 Å². The molecule has 1 aliphatic carbocycles. The van der Waals surface area contributed by atoms with E-state index in [0.29, 0.717) is 11.5 Å². The summed E-state index contributed by atoms with van der Waals surface area (Å²) < 4.78 is 6.90. The van der Waals surface area contributed by atoms with Crippen molar-refractivity contribution in [2.45, 2.75) is 45.1 Å². The molecule has 0 N–H and O–H groups in total. The number of nitrogens with zero attached hydrogens (tertiary/aromatic N) is 1. The average Bonchev–Trinajstić information content (AvgIpc) is 3.08. The Labute approximate surface area is 120 Å². The van der Waals surface area contributed by atoms with Crippen molar-refractivity contribution in [1.82, 2.24) is 4.57 Å². The first-order valence-electron chi connectivity index (χ1n) is 6.99. The van der Waals surface area contributed by atoms with Crippen LogP contribution in [0.25, 0.3) is 10.9 Å². The summed E-state index contributed by atoms with van der Waals surface area (Å²) in [6.07, 6.45) is 2.04. The van der Waals surface area contributed by atoms with Gasteiger partial charge in [0.2, 0.25) is 0 Å². The largest absolute Gasteiger partial charge is 0.443 e. The summed E-state index contributed by atoms with van der Waals surface area (Å²) in [6, 6.07) is 8.03. The Morgan fingerprint density at radius 1 is 1.30 bits per heavy atom. The number of carbonyl (C=O) groups is 1. The Kier molecular flexibility index (Phi) is 2.92. The van der Waals surface area contributed by atoms with Gasteiger partial charge in [0.1, 0.15) is 13.4 Å². The van der Waals surface area contributed by atoms with Crippen LogP contribution in [0.15, 0.2) is 24.3 Å². The lowest BCUT2D eigenvalue weighted by molar-refractivity contribution is 0.0549. The van der Waals surface area contributed by atoms with Gasteiger partial charge in [-0.1, -0.05) is 12.1 Å². The molecular formula is C16H18BNO2. The topological polar surface area (TPSA) is 31.2 Å². The molecule has 4 heteroatoms. The van der Waals surface area contributed by atoms with Crippen LogP contribution in [0.2, 0.25) is 0 Å². The summed E-state index contributed by atoms with van der Waals surface area (Å²) >= 11 is 0. The molecule has 2 aromatic rings. The lowest BCUT2D eigenvalue weighted by Gasteiger charge is -2.20. The molecule has 1 aromatic carbocycles. The van der Waals surface area contributed by atoms with E-state index in [1.54, 1.807) is 0 Å². The maximum Gasteiger partial charge on any atom is 0.418 e. The fourth-order valence-electron chi connectivity index (χ4n) is 2.42. The van der Waals surface area contributed by atoms with Gasteiger partial charge < -0.3 is 4.74 Å². The average molecular weight is 267 g/mol. The number of benzene rings is 1. The van der Waals surface area contributed by atoms with E-state index in [0.717, 1.165) is 10.9 Å². The highest BCUT2D eigenvalue weighted by molar-refractivity contribution is 6.34. The Balaban J connectivity index is 2.06. The molecule has 1 aromatic heterocycles. The summed E-state index contributed by atoms with van der Waals surface area (Å²) in [4.78, 5) is 12.3. The first-order valence-corrected chi connectivity index (χ1v) is 6.99. The van der Waals surface area contributed by atoms with Gasteiger partial charge in [0, 0.05) is 0 Å². The Morgan fingerprint density at radius 3 is 2.60 bits per heavy atom. The van der Waals surface area contributed by atoms with Crippen LogP contribution in [-0.4, -0.2) is 24.1 Å². The van der Waals surface area contributed by atoms with Gasteiger partial charge >= 0.3 is 6.09 Å². The molecule has 0 bridgehead atoms. The van der Waals surface area contributed by atoms with Crippen LogP contribution in [0, 0.1) is 0 Å². The van der Waals surface area contributed by atoms with Crippen LogP contribution in [-0.2, 0) is 4.74 Å². The van der Waals surface area contributed by atoms with E-state index in [1.165, 1.54) is 23.0 Å². The third-order valence-corrected chi connectivity index (χ3v) is 3.48. The zero-order chi connectivity index (χ0) is 14.5. The maximum absolute atomic E-state index is 12.3. The van der Waals surface area contributed by atoms with Crippen LogP contribution in [0.3, 0.4) is 0 Å². The Hall–Kier alpha value is -1.71. The number of carbonyl (C=O) groups excluding carboxylic acids is 1. The number of aromatic nitrogens is 1. The van der Waals surface area contributed by atoms with Gasteiger partial charge in [-0.2, -0.15) is 0 Å². The second kappa shape index (κ2) is 4.40. The molecule has 2 radical (unpaired) electrons. The summed E-state index contributed by atoms with van der Waals surface area (Å²) in [6.45, 7) is 5.55. The molecule has 0 aliphatic heterocycles. The summed E-state index contributed by atoms with van der Waals surface area (Å²) in [5.41, 5.74) is 2.00. The second-order valence-electron chi connectivity index (χ2n) is 6.48. The van der Waals surface area contributed by atoms with Crippen molar-refractivity contribution in [2.24, 2.45) is 0 Å². The summed E-state index contributed by atoms with van der Waals surface area (Å²) in [7, 11) is 5.98. The van der Waals surface area contributed by atoms with Crippen LogP contribution in [0.4, 0.5) is 4.79 Å². The van der Waals surface area contributed by atoms with Gasteiger partial charge in [-0.05, 0) is 68.2 Å². The minimum Gasteiger partial charge on any atom is -0.443 e. The van der Waals surface area contributed by atoms with E-state index in [4.69, 9.17) is 12.6 Å². The fraction of sp³-hybridized carbons (Fsp3) is 0.438. The lowest BCUT2D eigenvalue weighted by atomic mass is 10.0. The summed E-state index contributed by atoms with van der Waals surface area (Å²) in [5.74, 6) is 0.641. The quantitative estimate of drug-likeness (QED) is 0.743. The van der Waals surface area contributed by atoms with Gasteiger partial charge in [-0.3, -0.25) is 4.57 Å². The molecule has 0 unspecified atom stereocenters. The van der Waals surface area contributed by atoms with Gasteiger partial charge in [0.05, 0.1) is 5.52 Å². The van der Waals surface area contributed by atoms with Gasteiger partial charge in [0.25, 0.3) is 0 Å². The van der Waals surface area contributed by atoms with E-state index < -0.39 is 11.7 Å². The van der Waals surface area contributed by atoms with Crippen LogP contribution >= 0.6 is 0 Å². The predicted molar refractivity (Wildman–Crippen MR) is 80.9 cm³/mol. The van der Waals surface area contributed by atoms with Gasteiger partial charge in [-0.25, -0.2) is 4.79 Å². The number of ether oxygens (including phenoxy) is 1. The van der Waals surface area contributed by atoms with Crippen LogP contribution < -0.4 is 5.59 Å². The number of hydrogen-bond donors (Lipinski definition) is 0. The monoisotopic (exact) mass is 267 g/mol. The molecule has 3 rings (SSSR count). The zero-order valence-corrected chi connectivity index (χ0v) is 12.1. The van der Waals surface area contributed by atoms with Crippen molar-refractivity contribution in [3.63, 3.8) is 0 Å². The van der Waals surface area contributed by atoms with Crippen molar-refractivity contribution in [3.8, 4) is 0 Å². The SMILES string of the molecule is [B]c1cc2ccc(C3CC3)cc2n1C(=O)OC(C)(C)C. The molecule has 20 heavy (non-hydrogen) atoms. The molecule has 1 heterocycles. The van der Waals surface area contributed by atoms with E-state index in [-0.39, 0.29) is 0 Å². The molecule has 0 amide bonds. The first-order chi connectivity index (χ1) is 9.35. The summed E-state index contributed by atoms with van der Waals surface area (Å²) in [5, 5.41) is 0.970. The minimum absolute atomic E-state index is 0.419. The molecule has 0 saturated heterocycles. The number of fused-ring (bicyclic) bond motifs is 1. The van der Waals surface area contributed by atoms with Gasteiger partial charge in [0.15, 0.2) is 0 Å². The van der Waals surface area contributed by atoms with E-state index >= 15 is 0 Å². The van der Waals surface area contributed by atoms with Crippen molar-refractivity contribution >= 4 is 30.4 Å². The molecule has 0 spiro atoms. The van der Waals surface area contributed by atoms with Crippen LogP contribution in [0.1, 0.15) is 45.1 Å². The third kappa shape index (κ3) is 2.47. The Bertz CT molecular complexity index is 678. The standard InChI is InChI=1S/C16H18BNO2/c1-16(2,3)20-15(19)18-13-8-11(10-4-5-10)6-7-12(13)9-14(18)17/h6-10H,4-5H2,1-3H3. The Morgan fingerprint density at radius 2 is 2.00 bits per heavy atom. The van der Waals surface area contributed by atoms with Gasteiger partial charge in [-0.15, -0.1) is 0 Å². The lowest BCUT2D eigenvalue weighted by Crippen LogP contribution is -2.32. The van der Waals surface area contributed by atoms with E-state index in [9.17, 15) is 4.79 Å². The highest BCUT2D eigenvalue weighted by Gasteiger charge is 2.25. The predicted octanol–water partition coefficient (Wildman–Crippen LogP) is 3.10. The third-order valence-electron chi connectivity index (χ3n) is 3.48. The minimum atomic E-state index is -0.534. The van der Waals surface area contributed by atoms with Crippen molar-refractivity contribution < 1.29 is 9.53 Å². The van der Waals surface area contributed by atoms with Crippen molar-refractivity contribution in [2.75, 3.05) is 0 Å². The fourth-order valence-corrected chi connectivity index (χ4v) is 2.42. The number of hydrogen-bond acceptors (Lipinski definition) is 2. The molecule has 3 nitrogen and oxygen atoms in total. The molecule has 0 atom stereocenters. The van der Waals surface area contributed by atoms with E-state index in [1.807, 2.05) is 32.9 Å². The zero-order valence-electron chi connectivity index (χ0n) is 12.1. The smallest absolute Gasteiger partial charge is 0.418 e. The molecule has 1 saturated carbocycles. The second-order valence-corrected chi connectivity index (χ2v) is 6.48. The van der Waals surface area contributed by atoms with Crippen molar-refractivity contribution in [1.29, 1.82) is 0 Å². The van der Waals surface area contributed by atoms with Crippen molar-refractivity contribution in [3.05, 3.63) is 29.8 Å². The normalized spacial score (nSPS) is 15.6. The molecule has 1 aliphatic rings. The number of rotatable bonds is 1. The molecular weight excluding hydrogens is 249 g/mol. The van der Waals surface area contributed by atoms with E-state index in [2.05, 4.69) is 12.1 Å². The highest BCUT2D eigenvalue weighted by atomic mass is 16.6. The highest BCUT2D eigenvalue weighted by Crippen LogP contribution is 2.40. The molecule has 102 valence electrons. The first kappa shape index (κ1) is 13.3. The maximum atomic E-state index is 12.3. The molecule has 1 fully saturated rings.